The van der Waals surface area contributed by atoms with Crippen molar-refractivity contribution in [2.24, 2.45) is 17.3 Å². The summed E-state index contributed by atoms with van der Waals surface area (Å²) >= 11 is 0. The van der Waals surface area contributed by atoms with Crippen LogP contribution in [-0.2, 0) is 82.4 Å². The zero-order chi connectivity index (χ0) is 63.6. The lowest BCUT2D eigenvalue weighted by Gasteiger charge is -2.54. The molecule has 6 N–H and O–H groups in total. The molecule has 0 aliphatic carbocycles. The predicted octanol–water partition coefficient (Wildman–Crippen LogP) is 5.50. The molecule has 486 valence electrons. The van der Waals surface area contributed by atoms with Crippen LogP contribution in [0.2, 0.25) is 0 Å². The van der Waals surface area contributed by atoms with Crippen molar-refractivity contribution in [3.05, 3.63) is 120 Å². The van der Waals surface area contributed by atoms with Crippen LogP contribution in [0.5, 0.6) is 0 Å². The lowest BCUT2D eigenvalue weighted by Crippen LogP contribution is -2.70. The van der Waals surface area contributed by atoms with Gasteiger partial charge in [0.2, 0.25) is 11.7 Å². The number of esters is 1. The van der Waals surface area contributed by atoms with Gasteiger partial charge in [-0.25, -0.2) is 4.79 Å². The van der Waals surface area contributed by atoms with Gasteiger partial charge in [-0.2, -0.15) is 0 Å². The van der Waals surface area contributed by atoms with Gasteiger partial charge in [0, 0.05) is 78.1 Å². The molecule has 5 aliphatic rings. The first kappa shape index (κ1) is 71.2. The number of ether oxygens (including phenoxy) is 13. The molecule has 87 heavy (non-hydrogen) atoms. The number of carbonyl (C=O) groups is 3. The molecule has 0 aromatic heterocycles. The highest BCUT2D eigenvalue weighted by Gasteiger charge is 2.63. The van der Waals surface area contributed by atoms with E-state index in [9.17, 15) is 34.8 Å². The van der Waals surface area contributed by atoms with Crippen LogP contribution in [0, 0.1) is 17.3 Å². The van der Waals surface area contributed by atoms with E-state index in [4.69, 9.17) is 66.7 Å². The number of aliphatic hydroxyl groups is 4. The minimum Gasteiger partial charge on any atom is -0.478 e. The minimum atomic E-state index is -2.74. The zero-order valence-corrected chi connectivity index (χ0v) is 52.2. The largest absolute Gasteiger partial charge is 0.478 e. The van der Waals surface area contributed by atoms with Crippen molar-refractivity contribution >= 4 is 17.8 Å². The third-order valence-corrected chi connectivity index (χ3v) is 16.9. The van der Waals surface area contributed by atoms with Crippen molar-refractivity contribution in [1.82, 2.24) is 5.32 Å². The lowest BCUT2D eigenvalue weighted by atomic mass is 9.71. The summed E-state index contributed by atoms with van der Waals surface area (Å²) in [7, 11) is 6.24. The molecule has 22 atom stereocenters. The highest BCUT2D eigenvalue weighted by Crippen LogP contribution is 2.46. The molecule has 0 saturated carbocycles. The van der Waals surface area contributed by atoms with Gasteiger partial charge in [-0.3, -0.25) is 9.59 Å². The first-order valence-electron chi connectivity index (χ1n) is 30.0. The standard InChI is InChI=1S/C65H95NO21/c1-13-14-18-29-51-64(7,8)62(84-53(70)32-43-26-19-17-20-27-43)61(72)65(74,87-51)44(63(73)66-31-24-23-25-38(2)58(78-12)39(3)47-33-45(67)46(83-47)28-21-15-16-22-30-52(68)69)37-79-54-35-49(76-10)59(41(5)81-54)86-56-36-50(77-11)60(42(6)82-56)85-55-34-48(75-9)57(71)40(4)80-55/h13-30,39-42,44-51,54-62,67,71-72,74H,31-37H2,1-12H3,(H,66,73)(H,68,69)/t39-,40+,41+,42+,44+,45+,46+,47-,48+,49+,50+,51-,54+,55-,56-,57-,58-,59-,60-,61-,62+,65+/m0/s1. The quantitative estimate of drug-likeness (QED) is 0.0343. The highest BCUT2D eigenvalue weighted by molar-refractivity contribution is 5.80. The summed E-state index contributed by atoms with van der Waals surface area (Å²) in [6.07, 6.45) is 7.81. The second-order valence-corrected chi connectivity index (χ2v) is 23.5. The number of nitrogens with one attached hydrogen (secondary N) is 1. The Hall–Kier alpha value is -4.83. The van der Waals surface area contributed by atoms with Crippen molar-refractivity contribution in [3.63, 3.8) is 0 Å². The summed E-state index contributed by atoms with van der Waals surface area (Å²) in [4.78, 5) is 39.3. The number of carbonyl (C=O) groups excluding carboxylic acids is 2. The van der Waals surface area contributed by atoms with Crippen molar-refractivity contribution in [1.29, 1.82) is 0 Å². The Kier molecular flexibility index (Phi) is 27.7. The van der Waals surface area contributed by atoms with Crippen LogP contribution in [0.1, 0.15) is 86.6 Å². The van der Waals surface area contributed by atoms with E-state index >= 15 is 0 Å². The number of carboxylic acids is 1. The molecule has 5 fully saturated rings. The molecule has 0 spiro atoms. The Labute approximate surface area is 512 Å². The molecule has 1 amide bonds. The Morgan fingerprint density at radius 1 is 0.759 bits per heavy atom. The molecule has 0 bridgehead atoms. The summed E-state index contributed by atoms with van der Waals surface area (Å²) in [6, 6.07) is 8.96. The van der Waals surface area contributed by atoms with Crippen LogP contribution in [-0.4, -0.2) is 207 Å². The Bertz CT molecular complexity index is 2530. The van der Waals surface area contributed by atoms with Crippen molar-refractivity contribution in [2.45, 2.75) is 210 Å². The van der Waals surface area contributed by atoms with E-state index in [-0.39, 0.29) is 37.8 Å². The maximum Gasteiger partial charge on any atom is 0.328 e. The number of hydrogen-bond donors (Lipinski definition) is 6. The Balaban J connectivity index is 1.18. The van der Waals surface area contributed by atoms with Gasteiger partial charge >= 0.3 is 11.9 Å². The highest BCUT2D eigenvalue weighted by atomic mass is 16.7. The summed E-state index contributed by atoms with van der Waals surface area (Å²) < 4.78 is 80.4. The van der Waals surface area contributed by atoms with Crippen LogP contribution in [0.15, 0.2) is 115 Å². The van der Waals surface area contributed by atoms with E-state index in [1.807, 2.05) is 39.8 Å². The second kappa shape index (κ2) is 33.8. The van der Waals surface area contributed by atoms with Gasteiger partial charge in [-0.05, 0) is 45.8 Å². The van der Waals surface area contributed by atoms with Gasteiger partial charge in [-0.1, -0.05) is 124 Å². The monoisotopic (exact) mass is 1230 g/mol. The van der Waals surface area contributed by atoms with Crippen molar-refractivity contribution in [3.8, 4) is 0 Å². The summed E-state index contributed by atoms with van der Waals surface area (Å²) in [6.45, 7) is 14.0. The van der Waals surface area contributed by atoms with E-state index in [1.165, 1.54) is 20.3 Å². The van der Waals surface area contributed by atoms with Crippen LogP contribution >= 0.6 is 0 Å². The van der Waals surface area contributed by atoms with E-state index in [0.29, 0.717) is 18.4 Å². The van der Waals surface area contributed by atoms with Gasteiger partial charge in [0.15, 0.2) is 18.9 Å². The van der Waals surface area contributed by atoms with Gasteiger partial charge in [0.25, 0.3) is 0 Å². The van der Waals surface area contributed by atoms with Crippen LogP contribution in [0.4, 0.5) is 0 Å². The smallest absolute Gasteiger partial charge is 0.328 e. The average molecular weight is 1230 g/mol. The Morgan fingerprint density at radius 3 is 1.98 bits per heavy atom. The fourth-order valence-corrected chi connectivity index (χ4v) is 11.9. The maximum atomic E-state index is 14.8. The number of amides is 1. The van der Waals surface area contributed by atoms with Crippen LogP contribution in [0.3, 0.4) is 0 Å². The van der Waals surface area contributed by atoms with Crippen LogP contribution < -0.4 is 5.32 Å². The zero-order valence-electron chi connectivity index (χ0n) is 52.2. The molecular formula is C65H95NO21. The molecule has 1 aromatic rings. The van der Waals surface area contributed by atoms with E-state index < -0.39 is 152 Å². The first-order chi connectivity index (χ1) is 41.5. The summed E-state index contributed by atoms with van der Waals surface area (Å²) in [5.41, 5.74) is 0.340. The summed E-state index contributed by atoms with van der Waals surface area (Å²) in [5, 5.41) is 58.4. The van der Waals surface area contributed by atoms with Gasteiger partial charge in [0.1, 0.15) is 42.5 Å². The van der Waals surface area contributed by atoms with Crippen LogP contribution in [0.25, 0.3) is 0 Å². The molecule has 5 heterocycles. The number of hydrogen-bond acceptors (Lipinski definition) is 20. The number of carboxylic acid groups (broad SMARTS) is 1. The topological polar surface area (TPSA) is 284 Å². The van der Waals surface area contributed by atoms with E-state index in [2.05, 4.69) is 5.32 Å². The SMILES string of the molecule is CC=CC=C[C@@H]1O[C@](O)([C@H](CO[C@H]2C[C@@H](OC)[C@@H](O[C@H]3C[C@@H](OC)[C@@H](O[C@H]4C[C@@H](OC)[C@@H](O)[C@@H](C)O4)[C@@H](C)O3)[C@@H](C)O2)C(=O)NCC=CC=C(C)[C@H](OC)[C@@H](C)[C@@H]2C[C@@H](O)[C@@H](C=CC=CC=CC(=O)O)O2)[C@@H](O)[C@@H](OC(=O)Cc2ccccc2)C1(C)C. The third-order valence-electron chi connectivity index (χ3n) is 16.9. The first-order valence-corrected chi connectivity index (χ1v) is 30.0. The molecule has 6 rings (SSSR count). The van der Waals surface area contributed by atoms with E-state index in [0.717, 1.165) is 11.6 Å². The number of methoxy groups -OCH3 is 4. The fraction of sp³-hybridized carbons (Fsp3) is 0.646. The molecular weight excluding hydrogens is 1130 g/mol. The van der Waals surface area contributed by atoms with Gasteiger partial charge in [0.05, 0.1) is 74.1 Å². The molecule has 5 saturated heterocycles. The third kappa shape index (κ3) is 19.1. The second-order valence-electron chi connectivity index (χ2n) is 23.5. The average Bonchev–Trinajstić information content (AvgIpc) is 1.46. The Morgan fingerprint density at radius 2 is 1.36 bits per heavy atom. The maximum absolute atomic E-state index is 14.8. The lowest BCUT2D eigenvalue weighted by molar-refractivity contribution is -0.367. The molecule has 0 radical (unpaired) electrons. The molecule has 22 heteroatoms. The normalized spacial score (nSPS) is 36.3. The van der Waals surface area contributed by atoms with Crippen molar-refractivity contribution < 1.29 is 101 Å². The molecule has 5 aliphatic heterocycles. The molecule has 0 unspecified atom stereocenters. The molecule has 22 nitrogen and oxygen atoms in total. The number of aliphatic carboxylic acids is 1. The number of benzene rings is 1. The van der Waals surface area contributed by atoms with Gasteiger partial charge in [-0.15, -0.1) is 0 Å². The number of rotatable bonds is 28. The fourth-order valence-electron chi connectivity index (χ4n) is 11.9. The molecule has 1 aromatic carbocycles. The predicted molar refractivity (Wildman–Crippen MR) is 318 cm³/mol. The number of allylic oxidation sites excluding steroid dienone is 9. The minimum absolute atomic E-state index is 0.0526. The summed E-state index contributed by atoms with van der Waals surface area (Å²) in [5.74, 6) is -7.10. The van der Waals surface area contributed by atoms with E-state index in [1.54, 1.807) is 127 Å². The van der Waals surface area contributed by atoms with Crippen molar-refractivity contribution in [2.75, 3.05) is 41.6 Å². The number of aliphatic hydroxyl groups excluding tert-OH is 3. The van der Waals surface area contributed by atoms with Gasteiger partial charge < -0.3 is 92.4 Å².